The third kappa shape index (κ3) is 3.35. The predicted octanol–water partition coefficient (Wildman–Crippen LogP) is 2.32. The number of benzene rings is 1. The lowest BCUT2D eigenvalue weighted by Crippen LogP contribution is -2.20. The molecule has 0 aromatic heterocycles. The van der Waals surface area contributed by atoms with Crippen LogP contribution < -0.4 is 0 Å². The van der Waals surface area contributed by atoms with E-state index in [-0.39, 0.29) is 6.42 Å². The van der Waals surface area contributed by atoms with E-state index >= 15 is 0 Å². The molecule has 1 rings (SSSR count). The quantitative estimate of drug-likeness (QED) is 0.667. The van der Waals surface area contributed by atoms with Gasteiger partial charge in [0.2, 0.25) is 6.08 Å². The summed E-state index contributed by atoms with van der Waals surface area (Å²) in [6, 6.07) is 3.52. The van der Waals surface area contributed by atoms with Gasteiger partial charge in [-0.15, -0.1) is 0 Å². The van der Waals surface area contributed by atoms with Crippen molar-refractivity contribution in [1.82, 2.24) is 0 Å². The Balaban J connectivity index is 2.93. The second-order valence-corrected chi connectivity index (χ2v) is 3.86. The zero-order chi connectivity index (χ0) is 12.1. The van der Waals surface area contributed by atoms with Crippen molar-refractivity contribution < 1.29 is 14.7 Å². The molecule has 0 aliphatic heterocycles. The zero-order valence-electron chi connectivity index (χ0n) is 7.98. The molecule has 1 atom stereocenters. The molecule has 0 aliphatic rings. The van der Waals surface area contributed by atoms with Crippen LogP contribution in [0.25, 0.3) is 0 Å². The van der Waals surface area contributed by atoms with Gasteiger partial charge in [-0.25, -0.2) is 9.59 Å². The van der Waals surface area contributed by atoms with Gasteiger partial charge in [0.25, 0.3) is 0 Å². The number of isocyanates is 1. The molecule has 0 amide bonds. The molecule has 0 saturated heterocycles. The number of aliphatic carboxylic acids is 1. The Morgan fingerprint density at radius 1 is 1.50 bits per heavy atom. The van der Waals surface area contributed by atoms with Crippen LogP contribution in [0.15, 0.2) is 23.2 Å². The maximum atomic E-state index is 10.7. The first-order valence-electron chi connectivity index (χ1n) is 4.28. The number of aliphatic imine (C=N–C) groups is 1. The van der Waals surface area contributed by atoms with Crippen molar-refractivity contribution in [2.45, 2.75) is 12.5 Å². The largest absolute Gasteiger partial charge is 0.480 e. The molecule has 0 heterocycles. The maximum Gasteiger partial charge on any atom is 0.329 e. The maximum absolute atomic E-state index is 10.7. The third-order valence-corrected chi connectivity index (χ3v) is 2.51. The van der Waals surface area contributed by atoms with Crippen molar-refractivity contribution in [3.63, 3.8) is 0 Å². The van der Waals surface area contributed by atoms with Gasteiger partial charge in [-0.05, 0) is 17.7 Å². The normalized spacial score (nSPS) is 11.6. The topological polar surface area (TPSA) is 66.7 Å². The number of nitrogens with zero attached hydrogens (tertiary/aromatic N) is 1. The van der Waals surface area contributed by atoms with Crippen LogP contribution in [0.1, 0.15) is 5.56 Å². The fourth-order valence-corrected chi connectivity index (χ4v) is 1.63. The van der Waals surface area contributed by atoms with Crippen molar-refractivity contribution >= 4 is 35.3 Å². The number of carbonyl (C=O) groups excluding carboxylic acids is 1. The van der Waals surface area contributed by atoms with Gasteiger partial charge in [0, 0.05) is 16.5 Å². The number of carbonyl (C=O) groups is 1. The Morgan fingerprint density at radius 3 is 2.69 bits per heavy atom. The Bertz CT molecular complexity index is 453. The smallest absolute Gasteiger partial charge is 0.329 e. The molecule has 1 N–H and O–H groups in total. The number of carboxylic acids is 1. The number of hydrogen-bond donors (Lipinski definition) is 1. The fraction of sp³-hybridized carbons (Fsp3) is 0.200. The van der Waals surface area contributed by atoms with Gasteiger partial charge in [-0.3, -0.25) is 0 Å². The lowest BCUT2D eigenvalue weighted by atomic mass is 10.1. The first-order chi connectivity index (χ1) is 7.54. The molecule has 16 heavy (non-hydrogen) atoms. The van der Waals surface area contributed by atoms with Crippen molar-refractivity contribution in [1.29, 1.82) is 0 Å². The molecule has 0 aliphatic carbocycles. The van der Waals surface area contributed by atoms with Gasteiger partial charge in [-0.2, -0.15) is 4.99 Å². The van der Waals surface area contributed by atoms with E-state index in [9.17, 15) is 9.59 Å². The van der Waals surface area contributed by atoms with Crippen LogP contribution >= 0.6 is 23.2 Å². The molecule has 4 nitrogen and oxygen atoms in total. The molecule has 0 radical (unpaired) electrons. The van der Waals surface area contributed by atoms with Gasteiger partial charge < -0.3 is 5.11 Å². The minimum Gasteiger partial charge on any atom is -0.480 e. The first-order valence-corrected chi connectivity index (χ1v) is 5.04. The van der Waals surface area contributed by atoms with Crippen LogP contribution in [0, 0.1) is 0 Å². The highest BCUT2D eigenvalue weighted by Crippen LogP contribution is 2.22. The van der Waals surface area contributed by atoms with Crippen LogP contribution in [-0.2, 0) is 16.0 Å². The summed E-state index contributed by atoms with van der Waals surface area (Å²) in [7, 11) is 0. The number of carboxylic acid groups (broad SMARTS) is 1. The van der Waals surface area contributed by atoms with Crippen LogP contribution in [0.5, 0.6) is 0 Å². The first kappa shape index (κ1) is 12.7. The molecule has 0 bridgehead atoms. The molecule has 1 unspecified atom stereocenters. The molecule has 0 spiro atoms. The molecule has 1 aromatic rings. The zero-order valence-corrected chi connectivity index (χ0v) is 9.50. The summed E-state index contributed by atoms with van der Waals surface area (Å²) in [5, 5.41) is 9.57. The molecule has 0 fully saturated rings. The van der Waals surface area contributed by atoms with Crippen LogP contribution in [-0.4, -0.2) is 23.2 Å². The Hall–Kier alpha value is -1.35. The standard InChI is InChI=1S/C10H7Cl2NO3/c11-7-2-1-6(8(12)4-7)3-9(10(15)16)13-5-14/h1-2,4,9H,3H2,(H,15,16). The third-order valence-electron chi connectivity index (χ3n) is 1.92. The molecule has 84 valence electrons. The van der Waals surface area contributed by atoms with Crippen molar-refractivity contribution in [2.24, 2.45) is 4.99 Å². The summed E-state index contributed by atoms with van der Waals surface area (Å²) in [6.07, 6.45) is 1.25. The molecule has 6 heteroatoms. The van der Waals surface area contributed by atoms with Gasteiger partial charge in [-0.1, -0.05) is 29.3 Å². The van der Waals surface area contributed by atoms with E-state index in [0.29, 0.717) is 15.6 Å². The predicted molar refractivity (Wildman–Crippen MR) is 59.7 cm³/mol. The van der Waals surface area contributed by atoms with Gasteiger partial charge in [0.05, 0.1) is 0 Å². The Kier molecular flexibility index (Phi) is 4.50. The van der Waals surface area contributed by atoms with Crippen molar-refractivity contribution in [2.75, 3.05) is 0 Å². The van der Waals surface area contributed by atoms with Crippen molar-refractivity contribution in [3.8, 4) is 0 Å². The van der Waals surface area contributed by atoms with Crippen LogP contribution in [0.3, 0.4) is 0 Å². The van der Waals surface area contributed by atoms with Crippen LogP contribution in [0.4, 0.5) is 0 Å². The van der Waals surface area contributed by atoms with E-state index in [0.717, 1.165) is 0 Å². The van der Waals surface area contributed by atoms with Gasteiger partial charge >= 0.3 is 5.97 Å². The van der Waals surface area contributed by atoms with Crippen LogP contribution in [0.2, 0.25) is 10.0 Å². The SMILES string of the molecule is O=C=NC(Cc1ccc(Cl)cc1Cl)C(=O)O. The highest BCUT2D eigenvalue weighted by atomic mass is 35.5. The summed E-state index contributed by atoms with van der Waals surface area (Å²) < 4.78 is 0. The van der Waals surface area contributed by atoms with Gasteiger partial charge in [0.1, 0.15) is 0 Å². The Morgan fingerprint density at radius 2 is 2.19 bits per heavy atom. The summed E-state index contributed by atoms with van der Waals surface area (Å²) in [4.78, 5) is 24.0. The van der Waals surface area contributed by atoms with Crippen molar-refractivity contribution in [3.05, 3.63) is 33.8 Å². The van der Waals surface area contributed by atoms with E-state index < -0.39 is 12.0 Å². The van der Waals surface area contributed by atoms with E-state index in [2.05, 4.69) is 4.99 Å². The summed E-state index contributed by atoms with van der Waals surface area (Å²) in [5.41, 5.74) is 0.567. The Labute approximate surface area is 102 Å². The second-order valence-electron chi connectivity index (χ2n) is 3.01. The van der Waals surface area contributed by atoms with Gasteiger partial charge in [0.15, 0.2) is 6.04 Å². The second kappa shape index (κ2) is 5.66. The average molecular weight is 260 g/mol. The number of halogens is 2. The summed E-state index contributed by atoms with van der Waals surface area (Å²) in [6.45, 7) is 0. The fourth-order valence-electron chi connectivity index (χ4n) is 1.15. The minimum atomic E-state index is -1.20. The summed E-state index contributed by atoms with van der Waals surface area (Å²) in [5.74, 6) is -1.20. The number of rotatable bonds is 4. The van der Waals surface area contributed by atoms with E-state index in [4.69, 9.17) is 28.3 Å². The average Bonchev–Trinajstić information content (AvgIpc) is 2.20. The van der Waals surface area contributed by atoms with E-state index in [1.54, 1.807) is 12.1 Å². The minimum absolute atomic E-state index is 0.0283. The summed E-state index contributed by atoms with van der Waals surface area (Å²) >= 11 is 11.6. The highest BCUT2D eigenvalue weighted by molar-refractivity contribution is 6.35. The molecular formula is C10H7Cl2NO3. The monoisotopic (exact) mass is 259 g/mol. The lowest BCUT2D eigenvalue weighted by Gasteiger charge is -2.07. The lowest BCUT2D eigenvalue weighted by molar-refractivity contribution is -0.138. The highest BCUT2D eigenvalue weighted by Gasteiger charge is 2.18. The molecule has 0 saturated carbocycles. The molecular weight excluding hydrogens is 253 g/mol. The molecule has 1 aromatic carbocycles. The number of hydrogen-bond acceptors (Lipinski definition) is 3. The van der Waals surface area contributed by atoms with E-state index in [1.165, 1.54) is 12.1 Å². The van der Waals surface area contributed by atoms with E-state index in [1.807, 2.05) is 0 Å².